The van der Waals surface area contributed by atoms with Gasteiger partial charge in [-0.05, 0) is 37.3 Å². The maximum Gasteiger partial charge on any atom is 0.149 e. The Morgan fingerprint density at radius 1 is 1.35 bits per heavy atom. The van der Waals surface area contributed by atoms with Crippen molar-refractivity contribution in [1.29, 1.82) is 0 Å². The van der Waals surface area contributed by atoms with Gasteiger partial charge in [-0.25, -0.2) is 4.98 Å². The number of pyridine rings is 1. The molecule has 5 N–H and O–H groups in total. The smallest absolute Gasteiger partial charge is 0.149 e. The second-order valence-electron chi connectivity index (χ2n) is 4.47. The molecule has 1 heterocycles. The molecule has 1 aliphatic rings. The first kappa shape index (κ1) is 12.0. The lowest BCUT2D eigenvalue weighted by Crippen LogP contribution is -2.09. The summed E-state index contributed by atoms with van der Waals surface area (Å²) in [5, 5.41) is 3.19. The molecule has 0 unspecified atom stereocenters. The molecule has 0 aromatic carbocycles. The number of nitrogens with two attached hydrogens (primary N) is 2. The van der Waals surface area contributed by atoms with Gasteiger partial charge in [0, 0.05) is 19.8 Å². The summed E-state index contributed by atoms with van der Waals surface area (Å²) in [6.07, 6.45) is 3.65. The van der Waals surface area contributed by atoms with Crippen LogP contribution in [0.1, 0.15) is 19.3 Å². The van der Waals surface area contributed by atoms with Crippen LogP contribution in [0.5, 0.6) is 0 Å². The van der Waals surface area contributed by atoms with Crippen LogP contribution in [0.15, 0.2) is 12.1 Å². The number of nitrogens with one attached hydrogen (secondary N) is 1. The predicted octanol–water partition coefficient (Wildman–Crippen LogP) is 1.47. The minimum absolute atomic E-state index is 0.375. The van der Waals surface area contributed by atoms with Crippen molar-refractivity contribution in [3.63, 3.8) is 0 Å². The van der Waals surface area contributed by atoms with Crippen molar-refractivity contribution < 1.29 is 4.74 Å². The summed E-state index contributed by atoms with van der Waals surface area (Å²) in [4.78, 5) is 4.13. The first-order valence-electron chi connectivity index (χ1n) is 6.09. The third-order valence-corrected chi connectivity index (χ3v) is 2.78. The monoisotopic (exact) mass is 236 g/mol. The summed E-state index contributed by atoms with van der Waals surface area (Å²) in [6, 6.07) is 3.59. The highest BCUT2D eigenvalue weighted by atomic mass is 16.5. The molecule has 1 saturated carbocycles. The molecule has 1 aliphatic carbocycles. The fraction of sp³-hybridized carbons (Fsp3) is 0.583. The molecule has 1 fully saturated rings. The number of nitrogen functional groups attached to an aromatic ring is 2. The summed E-state index contributed by atoms with van der Waals surface area (Å²) in [5.41, 5.74) is 11.7. The molecule has 94 valence electrons. The van der Waals surface area contributed by atoms with E-state index in [0.29, 0.717) is 11.5 Å². The van der Waals surface area contributed by atoms with Gasteiger partial charge in [0.25, 0.3) is 0 Å². The fourth-order valence-corrected chi connectivity index (χ4v) is 1.51. The van der Waals surface area contributed by atoms with Crippen molar-refractivity contribution >= 4 is 17.3 Å². The Balaban J connectivity index is 1.58. The van der Waals surface area contributed by atoms with Crippen molar-refractivity contribution in [2.24, 2.45) is 5.92 Å². The summed E-state index contributed by atoms with van der Waals surface area (Å²) in [5.74, 6) is 1.97. The van der Waals surface area contributed by atoms with E-state index in [-0.39, 0.29) is 0 Å². The zero-order chi connectivity index (χ0) is 12.1. The van der Waals surface area contributed by atoms with Crippen LogP contribution in [0.3, 0.4) is 0 Å². The number of nitrogens with zero attached hydrogens (tertiary/aromatic N) is 1. The van der Waals surface area contributed by atoms with Gasteiger partial charge in [0.1, 0.15) is 11.6 Å². The molecule has 5 nitrogen and oxygen atoms in total. The van der Waals surface area contributed by atoms with E-state index in [2.05, 4.69) is 10.3 Å². The highest BCUT2D eigenvalue weighted by Crippen LogP contribution is 2.28. The van der Waals surface area contributed by atoms with E-state index in [4.69, 9.17) is 16.2 Å². The number of aromatic nitrogens is 1. The largest absolute Gasteiger partial charge is 0.396 e. The first-order chi connectivity index (χ1) is 8.25. The van der Waals surface area contributed by atoms with Gasteiger partial charge in [0.15, 0.2) is 0 Å². The van der Waals surface area contributed by atoms with Crippen LogP contribution in [0.2, 0.25) is 0 Å². The average molecular weight is 236 g/mol. The maximum absolute atomic E-state index is 5.61. The topological polar surface area (TPSA) is 86.2 Å². The predicted molar refractivity (Wildman–Crippen MR) is 69.7 cm³/mol. The third-order valence-electron chi connectivity index (χ3n) is 2.78. The molecule has 1 aromatic heterocycles. The molecule has 5 heteroatoms. The van der Waals surface area contributed by atoms with E-state index in [1.807, 2.05) is 6.07 Å². The molecule has 17 heavy (non-hydrogen) atoms. The van der Waals surface area contributed by atoms with Gasteiger partial charge < -0.3 is 21.5 Å². The zero-order valence-electron chi connectivity index (χ0n) is 9.98. The van der Waals surface area contributed by atoms with Crippen molar-refractivity contribution in [2.75, 3.05) is 36.5 Å². The summed E-state index contributed by atoms with van der Waals surface area (Å²) < 4.78 is 5.53. The quantitative estimate of drug-likeness (QED) is 0.624. The summed E-state index contributed by atoms with van der Waals surface area (Å²) in [6.45, 7) is 2.56. The standard InChI is InChI=1S/C12H20N4O/c13-10-4-5-11(16-12(10)14)15-6-1-7-17-8-9-2-3-9/h4-5,9H,1-3,6-8,13H2,(H3,14,15,16). The molecule has 0 aliphatic heterocycles. The van der Waals surface area contributed by atoms with Crippen molar-refractivity contribution in [3.05, 3.63) is 12.1 Å². The lowest BCUT2D eigenvalue weighted by molar-refractivity contribution is 0.124. The number of hydrogen-bond donors (Lipinski definition) is 3. The molecule has 0 saturated heterocycles. The van der Waals surface area contributed by atoms with Crippen molar-refractivity contribution in [1.82, 2.24) is 4.98 Å². The Labute approximate surface area is 102 Å². The lowest BCUT2D eigenvalue weighted by Gasteiger charge is -2.07. The molecule has 0 radical (unpaired) electrons. The van der Waals surface area contributed by atoms with Crippen LogP contribution in [-0.2, 0) is 4.74 Å². The van der Waals surface area contributed by atoms with Gasteiger partial charge in [-0.2, -0.15) is 0 Å². The summed E-state index contributed by atoms with van der Waals surface area (Å²) in [7, 11) is 0. The summed E-state index contributed by atoms with van der Waals surface area (Å²) >= 11 is 0. The molecule has 2 rings (SSSR count). The van der Waals surface area contributed by atoms with Gasteiger partial charge in [0.2, 0.25) is 0 Å². The van der Waals surface area contributed by atoms with Crippen LogP contribution < -0.4 is 16.8 Å². The average Bonchev–Trinajstić information content (AvgIpc) is 3.12. The van der Waals surface area contributed by atoms with E-state index in [0.717, 1.165) is 37.9 Å². The third kappa shape index (κ3) is 4.11. The Morgan fingerprint density at radius 3 is 2.88 bits per heavy atom. The van der Waals surface area contributed by atoms with E-state index in [1.54, 1.807) is 6.07 Å². The van der Waals surface area contributed by atoms with E-state index >= 15 is 0 Å². The van der Waals surface area contributed by atoms with Crippen LogP contribution in [-0.4, -0.2) is 24.7 Å². The number of ether oxygens (including phenoxy) is 1. The van der Waals surface area contributed by atoms with Gasteiger partial charge in [-0.3, -0.25) is 0 Å². The van der Waals surface area contributed by atoms with Crippen LogP contribution in [0.25, 0.3) is 0 Å². The van der Waals surface area contributed by atoms with E-state index in [1.165, 1.54) is 12.8 Å². The SMILES string of the molecule is Nc1ccc(NCCCOCC2CC2)nc1N. The van der Waals surface area contributed by atoms with Crippen LogP contribution in [0.4, 0.5) is 17.3 Å². The molecule has 0 amide bonds. The minimum Gasteiger partial charge on any atom is -0.396 e. The maximum atomic E-state index is 5.61. The number of rotatable bonds is 7. The molecular weight excluding hydrogens is 216 g/mol. The van der Waals surface area contributed by atoms with Crippen LogP contribution in [0, 0.1) is 5.92 Å². The Morgan fingerprint density at radius 2 is 2.18 bits per heavy atom. The minimum atomic E-state index is 0.375. The van der Waals surface area contributed by atoms with Crippen molar-refractivity contribution in [2.45, 2.75) is 19.3 Å². The second-order valence-corrected chi connectivity index (χ2v) is 4.47. The fourth-order valence-electron chi connectivity index (χ4n) is 1.51. The molecule has 0 atom stereocenters. The van der Waals surface area contributed by atoms with Crippen LogP contribution >= 0.6 is 0 Å². The lowest BCUT2D eigenvalue weighted by atomic mass is 10.3. The van der Waals surface area contributed by atoms with E-state index in [9.17, 15) is 0 Å². The van der Waals surface area contributed by atoms with Gasteiger partial charge in [-0.15, -0.1) is 0 Å². The van der Waals surface area contributed by atoms with E-state index < -0.39 is 0 Å². The highest BCUT2D eigenvalue weighted by molar-refractivity contribution is 5.61. The number of hydrogen-bond acceptors (Lipinski definition) is 5. The second kappa shape index (κ2) is 5.72. The molecule has 0 bridgehead atoms. The Bertz CT molecular complexity index is 366. The van der Waals surface area contributed by atoms with Crippen molar-refractivity contribution in [3.8, 4) is 0 Å². The Kier molecular flexibility index (Phi) is 4.03. The van der Waals surface area contributed by atoms with Gasteiger partial charge in [0.05, 0.1) is 5.69 Å². The molecular formula is C12H20N4O. The first-order valence-corrected chi connectivity index (χ1v) is 6.09. The Hall–Kier alpha value is -1.49. The highest BCUT2D eigenvalue weighted by Gasteiger charge is 2.20. The molecule has 0 spiro atoms. The van der Waals surface area contributed by atoms with Gasteiger partial charge >= 0.3 is 0 Å². The zero-order valence-corrected chi connectivity index (χ0v) is 9.98. The normalized spacial score (nSPS) is 14.8. The number of anilines is 3. The molecule has 1 aromatic rings. The van der Waals surface area contributed by atoms with Gasteiger partial charge in [-0.1, -0.05) is 0 Å².